The van der Waals surface area contributed by atoms with Crippen LogP contribution in [0.5, 0.6) is 0 Å². The zero-order valence-corrected chi connectivity index (χ0v) is 19.6. The number of carbonyl (C=O) groups is 1. The molecule has 170 valence electrons. The lowest BCUT2D eigenvalue weighted by Gasteiger charge is -2.31. The van der Waals surface area contributed by atoms with E-state index in [1.165, 1.54) is 16.7 Å². The molecule has 32 heavy (non-hydrogen) atoms. The monoisotopic (exact) mass is 436 g/mol. The first kappa shape index (κ1) is 22.3. The minimum Gasteiger partial charge on any atom is -0.444 e. The van der Waals surface area contributed by atoms with Gasteiger partial charge in [0.05, 0.1) is 11.6 Å². The second kappa shape index (κ2) is 8.90. The summed E-state index contributed by atoms with van der Waals surface area (Å²) < 4.78 is 13.2. The van der Waals surface area contributed by atoms with Crippen molar-refractivity contribution in [1.29, 1.82) is 0 Å². The van der Waals surface area contributed by atoms with Gasteiger partial charge in [0.2, 0.25) is 0 Å². The van der Waals surface area contributed by atoms with E-state index < -0.39 is 5.60 Å². The van der Waals surface area contributed by atoms with E-state index in [1.807, 2.05) is 27.8 Å². The average molecular weight is 437 g/mol. The van der Waals surface area contributed by atoms with Crippen LogP contribution in [0, 0.1) is 0 Å². The maximum absolute atomic E-state index is 12.5. The molecule has 2 aromatic carbocycles. The Labute approximate surface area is 189 Å². The molecule has 0 bridgehead atoms. The lowest BCUT2D eigenvalue weighted by molar-refractivity contribution is 0.0223. The third-order valence-electron chi connectivity index (χ3n) is 5.92. The third-order valence-corrected chi connectivity index (χ3v) is 5.92. The van der Waals surface area contributed by atoms with Gasteiger partial charge in [0.15, 0.2) is 0 Å². The predicted octanol–water partition coefficient (Wildman–Crippen LogP) is 4.58. The molecule has 1 amide bonds. The van der Waals surface area contributed by atoms with Crippen molar-refractivity contribution >= 4 is 17.1 Å². The molecule has 1 atom stereocenters. The number of rotatable bonds is 5. The Bertz CT molecular complexity index is 1120. The van der Waals surface area contributed by atoms with Gasteiger partial charge in [-0.2, -0.15) is 0 Å². The van der Waals surface area contributed by atoms with Crippen molar-refractivity contribution in [3.05, 3.63) is 58.7 Å². The molecule has 1 unspecified atom stereocenters. The Morgan fingerprint density at radius 3 is 2.72 bits per heavy atom. The van der Waals surface area contributed by atoms with E-state index in [4.69, 9.17) is 9.47 Å². The molecule has 1 aromatic heterocycles. The van der Waals surface area contributed by atoms with Crippen LogP contribution in [0.1, 0.15) is 55.5 Å². The van der Waals surface area contributed by atoms with Crippen molar-refractivity contribution in [2.75, 3.05) is 13.7 Å². The van der Waals surface area contributed by atoms with E-state index >= 15 is 0 Å². The highest BCUT2D eigenvalue weighted by molar-refractivity contribution is 5.74. The number of nitrogens with zero attached hydrogens (tertiary/aromatic N) is 4. The summed E-state index contributed by atoms with van der Waals surface area (Å²) in [7, 11) is 3.65. The molecular formula is C25H32N4O3. The Morgan fingerprint density at radius 2 is 1.97 bits per heavy atom. The van der Waals surface area contributed by atoms with Crippen molar-refractivity contribution in [2.24, 2.45) is 7.05 Å². The number of amides is 1. The number of aromatic nitrogens is 3. The van der Waals surface area contributed by atoms with E-state index in [2.05, 4.69) is 46.7 Å². The Morgan fingerprint density at radius 1 is 1.16 bits per heavy atom. The summed E-state index contributed by atoms with van der Waals surface area (Å²) in [6, 6.07) is 12.8. The topological polar surface area (TPSA) is 69.5 Å². The number of ether oxygens (including phenoxy) is 2. The summed E-state index contributed by atoms with van der Waals surface area (Å²) in [6.45, 7) is 6.93. The number of aryl methyl sites for hydroxylation is 2. The Kier molecular flexibility index (Phi) is 6.20. The van der Waals surface area contributed by atoms with Crippen LogP contribution in [-0.2, 0) is 35.9 Å². The van der Waals surface area contributed by atoms with Crippen LogP contribution >= 0.6 is 0 Å². The number of hydrogen-bond acceptors (Lipinski definition) is 5. The summed E-state index contributed by atoms with van der Waals surface area (Å²) in [4.78, 5) is 14.3. The first-order chi connectivity index (χ1) is 15.2. The van der Waals surface area contributed by atoms with E-state index in [0.29, 0.717) is 13.1 Å². The lowest BCUT2D eigenvalue weighted by Crippen LogP contribution is -2.39. The number of methoxy groups -OCH3 is 1. The van der Waals surface area contributed by atoms with E-state index in [0.717, 1.165) is 35.9 Å². The summed E-state index contributed by atoms with van der Waals surface area (Å²) in [5.41, 5.74) is 6.26. The van der Waals surface area contributed by atoms with E-state index in [1.54, 1.807) is 16.7 Å². The predicted molar refractivity (Wildman–Crippen MR) is 123 cm³/mol. The van der Waals surface area contributed by atoms with Gasteiger partial charge in [-0.25, -0.2) is 9.48 Å². The van der Waals surface area contributed by atoms with Gasteiger partial charge >= 0.3 is 6.09 Å². The van der Waals surface area contributed by atoms with Crippen molar-refractivity contribution in [2.45, 2.75) is 58.3 Å². The zero-order valence-electron chi connectivity index (χ0n) is 19.6. The highest BCUT2D eigenvalue weighted by Gasteiger charge is 2.26. The van der Waals surface area contributed by atoms with Gasteiger partial charge in [0, 0.05) is 27.2 Å². The zero-order chi connectivity index (χ0) is 22.9. The number of benzene rings is 2. The average Bonchev–Trinajstić information content (AvgIpc) is 3.12. The molecular weight excluding hydrogens is 404 g/mol. The van der Waals surface area contributed by atoms with Crippen LogP contribution in [-0.4, -0.2) is 45.2 Å². The van der Waals surface area contributed by atoms with Crippen LogP contribution in [0.2, 0.25) is 0 Å². The largest absolute Gasteiger partial charge is 0.444 e. The smallest absolute Gasteiger partial charge is 0.410 e. The molecule has 3 aromatic rings. The Balaban J connectivity index is 1.45. The minimum atomic E-state index is -0.491. The molecule has 2 heterocycles. The van der Waals surface area contributed by atoms with Gasteiger partial charge in [0.1, 0.15) is 11.1 Å². The molecule has 0 aliphatic carbocycles. The van der Waals surface area contributed by atoms with Crippen LogP contribution < -0.4 is 0 Å². The molecule has 0 radical (unpaired) electrons. The Hall–Kier alpha value is -2.93. The molecule has 7 nitrogen and oxygen atoms in total. The van der Waals surface area contributed by atoms with Crippen molar-refractivity contribution < 1.29 is 14.3 Å². The maximum Gasteiger partial charge on any atom is 0.410 e. The van der Waals surface area contributed by atoms with Crippen molar-refractivity contribution in [1.82, 2.24) is 19.9 Å². The van der Waals surface area contributed by atoms with Crippen LogP contribution in [0.25, 0.3) is 11.0 Å². The molecule has 1 aliphatic rings. The highest BCUT2D eigenvalue weighted by Crippen LogP contribution is 2.28. The normalized spacial score (nSPS) is 15.0. The fraction of sp³-hybridized carbons (Fsp3) is 0.480. The van der Waals surface area contributed by atoms with E-state index in [-0.39, 0.29) is 12.2 Å². The molecule has 0 fully saturated rings. The van der Waals surface area contributed by atoms with Crippen LogP contribution in [0.4, 0.5) is 4.79 Å². The van der Waals surface area contributed by atoms with Gasteiger partial charge in [-0.3, -0.25) is 0 Å². The quantitative estimate of drug-likeness (QED) is 0.585. The summed E-state index contributed by atoms with van der Waals surface area (Å²) in [5.74, 6) is 0. The van der Waals surface area contributed by atoms with Crippen molar-refractivity contribution in [3.8, 4) is 0 Å². The maximum atomic E-state index is 12.5. The van der Waals surface area contributed by atoms with Gasteiger partial charge < -0.3 is 14.4 Å². The first-order valence-electron chi connectivity index (χ1n) is 11.1. The number of hydrogen-bond donors (Lipinski definition) is 0. The van der Waals surface area contributed by atoms with Gasteiger partial charge in [-0.15, -0.1) is 5.10 Å². The fourth-order valence-corrected chi connectivity index (χ4v) is 4.22. The SMILES string of the molecule is COC(CCc1ccc2c(c1)nnn2C)c1ccc2c(c1)CN(C(=O)OC(C)(C)C)CC2. The molecule has 7 heteroatoms. The van der Waals surface area contributed by atoms with Crippen LogP contribution in [0.3, 0.4) is 0 Å². The van der Waals surface area contributed by atoms with Crippen molar-refractivity contribution in [3.63, 3.8) is 0 Å². The summed E-state index contributed by atoms with van der Waals surface area (Å²) >= 11 is 0. The number of carbonyl (C=O) groups excluding carboxylic acids is 1. The molecule has 0 N–H and O–H groups in total. The summed E-state index contributed by atoms with van der Waals surface area (Å²) in [6.07, 6.45) is 2.30. The second-order valence-electron chi connectivity index (χ2n) is 9.48. The standard InChI is InChI=1S/C25H32N4O3/c1-25(2,3)32-24(30)29-13-12-18-8-9-19(15-20(18)16-29)23(31-5)11-7-17-6-10-22-21(14-17)26-27-28(22)4/h6,8-10,14-15,23H,7,11-13,16H2,1-5H3. The molecule has 0 spiro atoms. The van der Waals surface area contributed by atoms with Gasteiger partial charge in [-0.05, 0) is 74.4 Å². The molecule has 4 rings (SSSR count). The second-order valence-corrected chi connectivity index (χ2v) is 9.48. The fourth-order valence-electron chi connectivity index (χ4n) is 4.22. The first-order valence-corrected chi connectivity index (χ1v) is 11.1. The number of fused-ring (bicyclic) bond motifs is 2. The summed E-state index contributed by atoms with van der Waals surface area (Å²) in [5, 5.41) is 8.29. The van der Waals surface area contributed by atoms with Gasteiger partial charge in [-0.1, -0.05) is 29.5 Å². The van der Waals surface area contributed by atoms with Gasteiger partial charge in [0.25, 0.3) is 0 Å². The minimum absolute atomic E-state index is 0.0187. The highest BCUT2D eigenvalue weighted by atomic mass is 16.6. The van der Waals surface area contributed by atoms with E-state index in [9.17, 15) is 4.79 Å². The molecule has 0 saturated heterocycles. The van der Waals surface area contributed by atoms with Crippen LogP contribution in [0.15, 0.2) is 36.4 Å². The molecule has 0 saturated carbocycles. The molecule has 1 aliphatic heterocycles. The third kappa shape index (κ3) is 4.93. The lowest BCUT2D eigenvalue weighted by atomic mass is 9.94.